The quantitative estimate of drug-likeness (QED) is 0.568. The van der Waals surface area contributed by atoms with Crippen LogP contribution in [0, 0.1) is 5.82 Å². The van der Waals surface area contributed by atoms with E-state index in [1.165, 1.54) is 12.1 Å². The maximum Gasteiger partial charge on any atom is 0.268 e. The number of carbonyl (C=O) groups is 1. The zero-order chi connectivity index (χ0) is 20.2. The van der Waals surface area contributed by atoms with Crippen LogP contribution in [0.4, 0.5) is 4.39 Å². The van der Waals surface area contributed by atoms with Gasteiger partial charge in [0.25, 0.3) is 5.91 Å². The number of nitrogens with zero attached hydrogens (tertiary/aromatic N) is 4. The zero-order valence-electron chi connectivity index (χ0n) is 15.7. The second kappa shape index (κ2) is 8.02. The molecule has 0 bridgehead atoms. The molecule has 3 aromatic heterocycles. The number of aryl methyl sites for hydroxylation is 1. The molecule has 1 amide bonds. The van der Waals surface area contributed by atoms with Gasteiger partial charge >= 0.3 is 0 Å². The predicted molar refractivity (Wildman–Crippen MR) is 107 cm³/mol. The number of carbonyl (C=O) groups excluding carboxylic acids is 1. The van der Waals surface area contributed by atoms with Crippen LogP contribution >= 0.6 is 0 Å². The molecule has 3 heterocycles. The molecule has 0 spiro atoms. The van der Waals surface area contributed by atoms with Crippen LogP contribution in [0.1, 0.15) is 16.1 Å². The first-order valence-electron chi connectivity index (χ1n) is 9.02. The Hall–Kier alpha value is -3.87. The maximum atomic E-state index is 13.4. The number of hydrogen-bond acceptors (Lipinski definition) is 4. The fourth-order valence-corrected chi connectivity index (χ4v) is 2.98. The van der Waals surface area contributed by atoms with E-state index < -0.39 is 0 Å². The van der Waals surface area contributed by atoms with Crippen LogP contribution in [0.3, 0.4) is 0 Å². The summed E-state index contributed by atoms with van der Waals surface area (Å²) in [4.78, 5) is 25.2. The molecule has 4 rings (SSSR count). The van der Waals surface area contributed by atoms with E-state index in [1.54, 1.807) is 47.6 Å². The van der Waals surface area contributed by atoms with Crippen LogP contribution < -0.4 is 5.32 Å². The van der Waals surface area contributed by atoms with Gasteiger partial charge in [0.2, 0.25) is 0 Å². The fourth-order valence-electron chi connectivity index (χ4n) is 2.98. The molecule has 1 N–H and O–H groups in total. The number of amides is 1. The molecule has 0 saturated carbocycles. The highest BCUT2D eigenvalue weighted by Crippen LogP contribution is 2.23. The van der Waals surface area contributed by atoms with Gasteiger partial charge in [0.15, 0.2) is 5.82 Å². The molecule has 0 aliphatic carbocycles. The Morgan fingerprint density at radius 3 is 2.59 bits per heavy atom. The lowest BCUT2D eigenvalue weighted by atomic mass is 10.1. The van der Waals surface area contributed by atoms with Crippen molar-refractivity contribution in [2.45, 2.75) is 6.54 Å². The molecule has 0 saturated heterocycles. The third-order valence-corrected chi connectivity index (χ3v) is 4.48. The lowest BCUT2D eigenvalue weighted by Gasteiger charge is -2.05. The van der Waals surface area contributed by atoms with Gasteiger partial charge in [0.1, 0.15) is 11.5 Å². The molecule has 0 unspecified atom stereocenters. The molecule has 29 heavy (non-hydrogen) atoms. The van der Waals surface area contributed by atoms with Crippen molar-refractivity contribution in [3.8, 4) is 22.5 Å². The van der Waals surface area contributed by atoms with E-state index >= 15 is 0 Å². The molecular weight excluding hydrogens is 369 g/mol. The number of rotatable bonds is 5. The van der Waals surface area contributed by atoms with Crippen LogP contribution in [-0.2, 0) is 13.6 Å². The van der Waals surface area contributed by atoms with E-state index in [1.807, 2.05) is 25.4 Å². The van der Waals surface area contributed by atoms with Crippen molar-refractivity contribution in [1.29, 1.82) is 0 Å². The number of aromatic nitrogens is 4. The van der Waals surface area contributed by atoms with Crippen molar-refractivity contribution >= 4 is 5.91 Å². The van der Waals surface area contributed by atoms with Crippen molar-refractivity contribution < 1.29 is 9.18 Å². The van der Waals surface area contributed by atoms with Crippen LogP contribution in [0.5, 0.6) is 0 Å². The number of benzene rings is 1. The summed E-state index contributed by atoms with van der Waals surface area (Å²) in [5, 5.41) is 2.89. The van der Waals surface area contributed by atoms with Gasteiger partial charge in [-0.05, 0) is 29.8 Å². The van der Waals surface area contributed by atoms with Crippen molar-refractivity contribution in [2.24, 2.45) is 7.05 Å². The second-order valence-corrected chi connectivity index (χ2v) is 6.57. The van der Waals surface area contributed by atoms with Gasteiger partial charge in [-0.15, -0.1) is 0 Å². The summed E-state index contributed by atoms with van der Waals surface area (Å²) in [7, 11) is 1.81. The third-order valence-electron chi connectivity index (χ3n) is 4.48. The van der Waals surface area contributed by atoms with Crippen molar-refractivity contribution in [2.75, 3.05) is 0 Å². The molecular formula is C22H18FN5O. The molecule has 1 aromatic carbocycles. The highest BCUT2D eigenvalue weighted by Gasteiger charge is 2.13. The normalized spacial score (nSPS) is 10.7. The van der Waals surface area contributed by atoms with Gasteiger partial charge in [-0.3, -0.25) is 9.78 Å². The Morgan fingerprint density at radius 1 is 1.03 bits per heavy atom. The summed E-state index contributed by atoms with van der Waals surface area (Å²) in [5.74, 6) is -0.0707. The SMILES string of the molecule is Cn1cc(-c2cnc(-c3cccc(F)c3)nc2)cc1C(=O)NCc1cccnc1. The topological polar surface area (TPSA) is 72.7 Å². The summed E-state index contributed by atoms with van der Waals surface area (Å²) in [6.45, 7) is 0.401. The molecule has 7 heteroatoms. The summed E-state index contributed by atoms with van der Waals surface area (Å²) < 4.78 is 15.1. The lowest BCUT2D eigenvalue weighted by Crippen LogP contribution is -2.24. The van der Waals surface area contributed by atoms with E-state index in [2.05, 4.69) is 20.3 Å². The standard InChI is InChI=1S/C22H18FN5O/c1-28-14-17(9-20(28)22(29)27-11-15-4-3-7-24-10-15)18-12-25-21(26-13-18)16-5-2-6-19(23)8-16/h2-10,12-14H,11H2,1H3,(H,27,29). The first-order chi connectivity index (χ1) is 14.1. The number of nitrogens with one attached hydrogen (secondary N) is 1. The minimum absolute atomic E-state index is 0.181. The van der Waals surface area contributed by atoms with Gasteiger partial charge < -0.3 is 9.88 Å². The van der Waals surface area contributed by atoms with Crippen molar-refractivity contribution in [3.05, 3.63) is 90.5 Å². The predicted octanol–water partition coefficient (Wildman–Crippen LogP) is 3.61. The molecule has 0 fully saturated rings. The van der Waals surface area contributed by atoms with Crippen molar-refractivity contribution in [1.82, 2.24) is 24.8 Å². The minimum atomic E-state index is -0.333. The molecule has 0 atom stereocenters. The third kappa shape index (κ3) is 4.19. The smallest absolute Gasteiger partial charge is 0.268 e. The van der Waals surface area contributed by atoms with E-state index in [0.717, 1.165) is 16.7 Å². The van der Waals surface area contributed by atoms with E-state index in [4.69, 9.17) is 0 Å². The maximum absolute atomic E-state index is 13.4. The average molecular weight is 387 g/mol. The van der Waals surface area contributed by atoms with Crippen LogP contribution in [0.25, 0.3) is 22.5 Å². The molecule has 144 valence electrons. The van der Waals surface area contributed by atoms with E-state index in [9.17, 15) is 9.18 Å². The molecule has 0 aliphatic rings. The van der Waals surface area contributed by atoms with Crippen LogP contribution in [0.15, 0.2) is 73.4 Å². The van der Waals surface area contributed by atoms with E-state index in [-0.39, 0.29) is 11.7 Å². The molecule has 4 aromatic rings. The number of halogens is 1. The number of pyridine rings is 1. The first-order valence-corrected chi connectivity index (χ1v) is 9.02. The summed E-state index contributed by atoms with van der Waals surface area (Å²) in [6, 6.07) is 11.7. The fraction of sp³-hybridized carbons (Fsp3) is 0.0909. The molecule has 6 nitrogen and oxygen atoms in total. The Balaban J connectivity index is 1.50. The minimum Gasteiger partial charge on any atom is -0.347 e. The Kier molecular flexibility index (Phi) is 5.11. The van der Waals surface area contributed by atoms with Gasteiger partial charge in [-0.2, -0.15) is 0 Å². The highest BCUT2D eigenvalue weighted by atomic mass is 19.1. The largest absolute Gasteiger partial charge is 0.347 e. The number of hydrogen-bond donors (Lipinski definition) is 1. The van der Waals surface area contributed by atoms with Gasteiger partial charge in [0, 0.05) is 61.3 Å². The summed E-state index contributed by atoms with van der Waals surface area (Å²) >= 11 is 0. The summed E-state index contributed by atoms with van der Waals surface area (Å²) in [6.07, 6.45) is 8.59. The Bertz CT molecular complexity index is 1140. The Morgan fingerprint density at radius 2 is 1.86 bits per heavy atom. The van der Waals surface area contributed by atoms with Gasteiger partial charge in [-0.1, -0.05) is 18.2 Å². The Labute approximate surface area is 167 Å². The van der Waals surface area contributed by atoms with Crippen molar-refractivity contribution in [3.63, 3.8) is 0 Å². The van der Waals surface area contributed by atoms with Gasteiger partial charge in [-0.25, -0.2) is 14.4 Å². The zero-order valence-corrected chi connectivity index (χ0v) is 15.7. The second-order valence-electron chi connectivity index (χ2n) is 6.57. The monoisotopic (exact) mass is 387 g/mol. The average Bonchev–Trinajstić information content (AvgIpc) is 3.14. The van der Waals surface area contributed by atoms with Crippen LogP contribution in [-0.4, -0.2) is 25.4 Å². The highest BCUT2D eigenvalue weighted by molar-refractivity contribution is 5.94. The van der Waals surface area contributed by atoms with Crippen LogP contribution in [0.2, 0.25) is 0 Å². The van der Waals surface area contributed by atoms with Gasteiger partial charge in [0.05, 0.1) is 0 Å². The first kappa shape index (κ1) is 18.5. The van der Waals surface area contributed by atoms with E-state index in [0.29, 0.717) is 23.6 Å². The lowest BCUT2D eigenvalue weighted by molar-refractivity contribution is 0.0943. The summed E-state index contributed by atoms with van der Waals surface area (Å²) in [5.41, 5.74) is 3.66. The molecule has 0 radical (unpaired) electrons. The molecule has 0 aliphatic heterocycles.